The molecule has 11 heteroatoms. The van der Waals surface area contributed by atoms with Crippen LogP contribution < -0.4 is 9.64 Å². The molecule has 1 fully saturated rings. The van der Waals surface area contributed by atoms with Crippen LogP contribution in [0, 0.1) is 6.92 Å². The van der Waals surface area contributed by atoms with E-state index in [1.807, 2.05) is 65.2 Å². The Hall–Kier alpha value is -3.96. The number of amides is 1. The van der Waals surface area contributed by atoms with Crippen molar-refractivity contribution in [3.8, 4) is 17.0 Å². The number of rotatable bonds is 6. The number of nitrogens with zero attached hydrogens (tertiary/aromatic N) is 6. The zero-order valence-electron chi connectivity index (χ0n) is 24.8. The third-order valence-corrected chi connectivity index (χ3v) is 7.07. The van der Waals surface area contributed by atoms with Crippen molar-refractivity contribution in [2.75, 3.05) is 45.0 Å². The van der Waals surface area contributed by atoms with Gasteiger partial charge in [0, 0.05) is 68.6 Å². The van der Waals surface area contributed by atoms with Gasteiger partial charge in [-0.2, -0.15) is 5.10 Å². The topological polar surface area (TPSA) is 115 Å². The van der Waals surface area contributed by atoms with E-state index in [0.717, 1.165) is 27.8 Å². The highest BCUT2D eigenvalue weighted by molar-refractivity contribution is 5.92. The summed E-state index contributed by atoms with van der Waals surface area (Å²) in [6.07, 6.45) is 0.877. The fraction of sp³-hybridized carbons (Fsp3) is 0.467. The lowest BCUT2D eigenvalue weighted by atomic mass is 9.99. The van der Waals surface area contributed by atoms with Crippen molar-refractivity contribution in [3.05, 3.63) is 41.6 Å². The summed E-state index contributed by atoms with van der Waals surface area (Å²) in [5.41, 5.74) is 4.61. The quantitative estimate of drug-likeness (QED) is 0.337. The summed E-state index contributed by atoms with van der Waals surface area (Å²) < 4.78 is 18.5. The molecule has 1 atom stereocenters. The van der Waals surface area contributed by atoms with Gasteiger partial charge in [-0.05, 0) is 58.9 Å². The lowest BCUT2D eigenvalue weighted by Gasteiger charge is -2.36. The smallest absolute Gasteiger partial charge is 0.410 e. The van der Waals surface area contributed by atoms with E-state index in [4.69, 9.17) is 24.2 Å². The maximum atomic E-state index is 12.5. The van der Waals surface area contributed by atoms with Crippen molar-refractivity contribution >= 4 is 33.8 Å². The van der Waals surface area contributed by atoms with Crippen LogP contribution in [0.25, 0.3) is 33.2 Å². The number of aryl methyl sites for hydroxylation is 2. The molecular weight excluding hydrogens is 524 g/mol. The van der Waals surface area contributed by atoms with Crippen LogP contribution in [0.1, 0.15) is 44.9 Å². The third kappa shape index (κ3) is 5.91. The summed E-state index contributed by atoms with van der Waals surface area (Å²) >= 11 is 0. The number of aliphatic hydroxyl groups excluding tert-OH is 1. The molecule has 1 N–H and O–H groups in total. The van der Waals surface area contributed by atoms with Crippen LogP contribution in [0.4, 0.5) is 10.6 Å². The molecule has 1 aliphatic rings. The molecule has 1 saturated heterocycles. The Bertz CT molecular complexity index is 1580. The molecule has 5 rings (SSSR count). The Morgan fingerprint density at radius 3 is 2.49 bits per heavy atom. The number of methoxy groups -OCH3 is 1. The maximum Gasteiger partial charge on any atom is 0.410 e. The molecule has 1 aliphatic heterocycles. The minimum absolute atomic E-state index is 0.0785. The van der Waals surface area contributed by atoms with Gasteiger partial charge < -0.3 is 29.1 Å². The molecule has 0 aliphatic carbocycles. The minimum atomic E-state index is -0.780. The molecule has 0 spiro atoms. The van der Waals surface area contributed by atoms with E-state index < -0.39 is 11.7 Å². The lowest BCUT2D eigenvalue weighted by molar-refractivity contribution is 0.0240. The molecule has 1 amide bonds. The average Bonchev–Trinajstić information content (AvgIpc) is 3.31. The fourth-order valence-electron chi connectivity index (χ4n) is 5.13. The van der Waals surface area contributed by atoms with Crippen LogP contribution in [0.2, 0.25) is 0 Å². The maximum absolute atomic E-state index is 12.5. The third-order valence-electron chi connectivity index (χ3n) is 7.07. The van der Waals surface area contributed by atoms with Gasteiger partial charge in [-0.15, -0.1) is 0 Å². The van der Waals surface area contributed by atoms with E-state index in [1.54, 1.807) is 23.6 Å². The zero-order valence-corrected chi connectivity index (χ0v) is 24.8. The Balaban J connectivity index is 1.50. The first-order valence-electron chi connectivity index (χ1n) is 13.8. The molecule has 1 aromatic carbocycles. The van der Waals surface area contributed by atoms with Crippen molar-refractivity contribution in [3.63, 3.8) is 0 Å². The number of ether oxygens (including phenoxy) is 3. The molecule has 0 radical (unpaired) electrons. The van der Waals surface area contributed by atoms with E-state index >= 15 is 0 Å². The summed E-state index contributed by atoms with van der Waals surface area (Å²) in [4.78, 5) is 26.2. The Kier molecular flexibility index (Phi) is 7.76. The zero-order chi connectivity index (χ0) is 29.5. The molecule has 3 aromatic heterocycles. The minimum Gasteiger partial charge on any atom is -0.466 e. The second kappa shape index (κ2) is 11.1. The second-order valence-corrected chi connectivity index (χ2v) is 11.4. The number of aromatic nitrogens is 4. The number of hydrogen-bond donors (Lipinski definition) is 1. The van der Waals surface area contributed by atoms with Gasteiger partial charge in [0.15, 0.2) is 6.79 Å². The molecule has 4 heterocycles. The lowest BCUT2D eigenvalue weighted by Crippen LogP contribution is -2.50. The standard InChI is InChI=1S/C30H38N6O5/c1-18-26-20(16-34(6)33-26)14-22(28(18)40-17-39-7)24-15-21(19(2)37)27-23(31-24)8-9-25(32-27)35-10-12-36(13-11-35)29(38)41-30(3,4)5/h8-9,14-16,19,37H,10-13,17H2,1-7H3. The van der Waals surface area contributed by atoms with Crippen molar-refractivity contribution in [1.29, 1.82) is 0 Å². The Morgan fingerprint density at radius 1 is 1.10 bits per heavy atom. The number of pyridine rings is 2. The fourth-order valence-corrected chi connectivity index (χ4v) is 5.13. The van der Waals surface area contributed by atoms with Crippen LogP contribution in [-0.2, 0) is 16.5 Å². The van der Waals surface area contributed by atoms with Crippen molar-refractivity contribution in [2.24, 2.45) is 7.05 Å². The predicted octanol–water partition coefficient (Wildman–Crippen LogP) is 4.59. The number of benzene rings is 1. The number of piperazine rings is 1. The molecule has 0 saturated carbocycles. The Labute approximate surface area is 239 Å². The summed E-state index contributed by atoms with van der Waals surface area (Å²) in [6, 6.07) is 7.75. The molecule has 1 unspecified atom stereocenters. The van der Waals surface area contributed by atoms with E-state index in [9.17, 15) is 9.90 Å². The van der Waals surface area contributed by atoms with Gasteiger partial charge in [0.2, 0.25) is 0 Å². The van der Waals surface area contributed by atoms with Crippen LogP contribution >= 0.6 is 0 Å². The number of fused-ring (bicyclic) bond motifs is 2. The SMILES string of the molecule is COCOc1c(-c2cc(C(C)O)c3nc(N4CCN(C(=O)OC(C)(C)C)CC4)ccc3n2)cc2cn(C)nc2c1C. The van der Waals surface area contributed by atoms with Gasteiger partial charge in [-0.3, -0.25) is 4.68 Å². The molecule has 11 nitrogen and oxygen atoms in total. The number of hydrogen-bond acceptors (Lipinski definition) is 9. The summed E-state index contributed by atoms with van der Waals surface area (Å²) in [5.74, 6) is 1.41. The first-order valence-corrected chi connectivity index (χ1v) is 13.8. The highest BCUT2D eigenvalue weighted by Crippen LogP contribution is 2.39. The molecular formula is C30H38N6O5. The normalized spacial score (nSPS) is 15.0. The molecule has 4 aromatic rings. The van der Waals surface area contributed by atoms with Gasteiger partial charge >= 0.3 is 6.09 Å². The predicted molar refractivity (Wildman–Crippen MR) is 157 cm³/mol. The van der Waals surface area contributed by atoms with Crippen molar-refractivity contribution in [1.82, 2.24) is 24.6 Å². The van der Waals surface area contributed by atoms with Gasteiger partial charge in [0.25, 0.3) is 0 Å². The first-order chi connectivity index (χ1) is 19.4. The number of aliphatic hydroxyl groups is 1. The largest absolute Gasteiger partial charge is 0.466 e. The molecule has 0 bridgehead atoms. The number of carbonyl (C=O) groups is 1. The van der Waals surface area contributed by atoms with Gasteiger partial charge in [-0.1, -0.05) is 0 Å². The van der Waals surface area contributed by atoms with Gasteiger partial charge in [-0.25, -0.2) is 14.8 Å². The van der Waals surface area contributed by atoms with Crippen LogP contribution in [0.3, 0.4) is 0 Å². The van der Waals surface area contributed by atoms with Crippen LogP contribution in [0.15, 0.2) is 30.5 Å². The van der Waals surface area contributed by atoms with E-state index in [2.05, 4.69) is 10.00 Å². The molecule has 218 valence electrons. The Morgan fingerprint density at radius 2 is 1.83 bits per heavy atom. The summed E-state index contributed by atoms with van der Waals surface area (Å²) in [7, 11) is 3.46. The van der Waals surface area contributed by atoms with E-state index in [0.29, 0.717) is 54.2 Å². The van der Waals surface area contributed by atoms with Crippen molar-refractivity contribution in [2.45, 2.75) is 46.3 Å². The highest BCUT2D eigenvalue weighted by Gasteiger charge is 2.27. The second-order valence-electron chi connectivity index (χ2n) is 11.4. The van der Waals surface area contributed by atoms with E-state index in [1.165, 1.54) is 0 Å². The van der Waals surface area contributed by atoms with Crippen molar-refractivity contribution < 1.29 is 24.1 Å². The van der Waals surface area contributed by atoms with Gasteiger partial charge in [0.1, 0.15) is 17.2 Å². The number of carbonyl (C=O) groups excluding carboxylic acids is 1. The number of anilines is 1. The van der Waals surface area contributed by atoms with E-state index in [-0.39, 0.29) is 12.9 Å². The average molecular weight is 563 g/mol. The summed E-state index contributed by atoms with van der Waals surface area (Å²) in [6.45, 7) is 11.7. The first kappa shape index (κ1) is 28.6. The monoisotopic (exact) mass is 562 g/mol. The molecule has 41 heavy (non-hydrogen) atoms. The highest BCUT2D eigenvalue weighted by atomic mass is 16.7. The summed E-state index contributed by atoms with van der Waals surface area (Å²) in [5, 5.41) is 16.4. The van der Waals surface area contributed by atoms with Gasteiger partial charge in [0.05, 0.1) is 28.3 Å². The van der Waals surface area contributed by atoms with Crippen LogP contribution in [-0.4, -0.2) is 81.5 Å². The van der Waals surface area contributed by atoms with Crippen LogP contribution in [0.5, 0.6) is 5.75 Å².